The summed E-state index contributed by atoms with van der Waals surface area (Å²) in [6.07, 6.45) is 3.67. The third kappa shape index (κ3) is 3.49. The molecule has 0 fully saturated rings. The molecule has 0 aliphatic carbocycles. The molecule has 3 rings (SSSR count). The molecule has 1 N–H and O–H groups in total. The van der Waals surface area contributed by atoms with Gasteiger partial charge in [-0.25, -0.2) is 9.97 Å². The lowest BCUT2D eigenvalue weighted by Crippen LogP contribution is -2.40. The number of aliphatic imine (C=N–C) groups is 1. The van der Waals surface area contributed by atoms with Gasteiger partial charge in [0.05, 0.1) is 32.8 Å². The largest absolute Gasteiger partial charge is 0.294 e. The van der Waals surface area contributed by atoms with Crippen molar-refractivity contribution in [2.75, 3.05) is 18.2 Å². The van der Waals surface area contributed by atoms with Crippen LogP contribution in [0.15, 0.2) is 39.0 Å². The molecule has 1 unspecified atom stereocenters. The molecule has 0 spiro atoms. The Morgan fingerprint density at radius 3 is 2.71 bits per heavy atom. The molecule has 0 saturated carbocycles. The number of para-hydroxylation sites is 1. The number of rotatable bonds is 4. The van der Waals surface area contributed by atoms with E-state index in [1.165, 1.54) is 11.8 Å². The van der Waals surface area contributed by atoms with E-state index < -0.39 is 0 Å². The summed E-state index contributed by atoms with van der Waals surface area (Å²) < 4.78 is 0.783. The molecule has 0 bridgehead atoms. The number of hydrogen-bond acceptors (Lipinski definition) is 6. The lowest BCUT2D eigenvalue weighted by Gasteiger charge is -2.28. The molecule has 1 aromatic heterocycles. The van der Waals surface area contributed by atoms with Crippen LogP contribution >= 0.6 is 50.9 Å². The van der Waals surface area contributed by atoms with Crippen molar-refractivity contribution in [2.24, 2.45) is 4.99 Å². The highest BCUT2D eigenvalue weighted by atomic mass is 79.9. The van der Waals surface area contributed by atoms with Crippen molar-refractivity contribution >= 4 is 62.4 Å². The first-order chi connectivity index (χ1) is 11.5. The van der Waals surface area contributed by atoms with Gasteiger partial charge < -0.3 is 0 Å². The summed E-state index contributed by atoms with van der Waals surface area (Å²) in [4.78, 5) is 13.4. The Morgan fingerprint density at radius 1 is 1.33 bits per heavy atom. The zero-order chi connectivity index (χ0) is 17.3. The number of nitrogens with zero attached hydrogens (tertiary/aromatic N) is 4. The molecule has 2 heterocycles. The Labute approximate surface area is 163 Å². The van der Waals surface area contributed by atoms with Gasteiger partial charge in [-0.05, 0) is 41.2 Å². The maximum atomic E-state index is 6.28. The van der Waals surface area contributed by atoms with E-state index in [0.29, 0.717) is 27.4 Å². The average Bonchev–Trinajstić information content (AvgIpc) is 2.92. The molecule has 1 atom stereocenters. The molecule has 24 heavy (non-hydrogen) atoms. The van der Waals surface area contributed by atoms with Crippen molar-refractivity contribution in [3.05, 3.63) is 44.6 Å². The maximum Gasteiger partial charge on any atom is 0.187 e. The van der Waals surface area contributed by atoms with Gasteiger partial charge in [0, 0.05) is 6.20 Å². The monoisotopic (exact) mass is 445 g/mol. The van der Waals surface area contributed by atoms with Gasteiger partial charge in [-0.15, -0.1) is 0 Å². The van der Waals surface area contributed by atoms with E-state index in [1.807, 2.05) is 17.3 Å². The van der Waals surface area contributed by atoms with Gasteiger partial charge in [0.2, 0.25) is 0 Å². The van der Waals surface area contributed by atoms with Crippen LogP contribution < -0.4 is 5.43 Å². The molecule has 5 nitrogen and oxygen atoms in total. The number of amidine groups is 1. The Bertz CT molecular complexity index is 781. The van der Waals surface area contributed by atoms with E-state index in [1.54, 1.807) is 18.3 Å². The Kier molecular flexibility index (Phi) is 5.54. The maximum absolute atomic E-state index is 6.28. The minimum absolute atomic E-state index is 0.131. The highest BCUT2D eigenvalue weighted by molar-refractivity contribution is 9.10. The molecule has 1 aromatic carbocycles. The minimum atomic E-state index is 0.131. The molecule has 0 saturated heterocycles. The van der Waals surface area contributed by atoms with Crippen molar-refractivity contribution in [3.8, 4) is 0 Å². The predicted octanol–water partition coefficient (Wildman–Crippen LogP) is 4.75. The Balaban J connectivity index is 1.97. The standard InChI is InChI=1S/C15H14BrCl2N5S/c1-8-6-19-14(12-9(16)7-20-15(21-12)24-2)23(8)22-13-10(17)4-3-5-11(13)18/h3-5,7-8,22H,6H2,1-2H3. The Morgan fingerprint density at radius 2 is 2.04 bits per heavy atom. The van der Waals surface area contributed by atoms with E-state index in [4.69, 9.17) is 23.2 Å². The van der Waals surface area contributed by atoms with Crippen LogP contribution in [0.1, 0.15) is 12.6 Å². The molecule has 126 valence electrons. The van der Waals surface area contributed by atoms with E-state index in [9.17, 15) is 0 Å². The summed E-state index contributed by atoms with van der Waals surface area (Å²) in [5.41, 5.74) is 4.67. The fourth-order valence-corrected chi connectivity index (χ4v) is 3.46. The lowest BCUT2D eigenvalue weighted by atomic mass is 10.3. The first-order valence-electron chi connectivity index (χ1n) is 7.12. The molecule has 2 aromatic rings. The topological polar surface area (TPSA) is 53.4 Å². The van der Waals surface area contributed by atoms with Gasteiger partial charge in [-0.3, -0.25) is 15.4 Å². The van der Waals surface area contributed by atoms with Crippen LogP contribution in [0.5, 0.6) is 0 Å². The van der Waals surface area contributed by atoms with E-state index in [-0.39, 0.29) is 6.04 Å². The van der Waals surface area contributed by atoms with Crippen LogP contribution in [-0.2, 0) is 0 Å². The second-order valence-electron chi connectivity index (χ2n) is 5.15. The zero-order valence-corrected chi connectivity index (χ0v) is 16.8. The van der Waals surface area contributed by atoms with Crippen LogP contribution in [0.4, 0.5) is 5.69 Å². The predicted molar refractivity (Wildman–Crippen MR) is 104 cm³/mol. The summed E-state index contributed by atoms with van der Waals surface area (Å²) in [7, 11) is 0. The highest BCUT2D eigenvalue weighted by Gasteiger charge is 2.29. The first kappa shape index (κ1) is 17.8. The lowest BCUT2D eigenvalue weighted by molar-refractivity contribution is 0.425. The van der Waals surface area contributed by atoms with Crippen molar-refractivity contribution in [1.29, 1.82) is 0 Å². The van der Waals surface area contributed by atoms with Gasteiger partial charge >= 0.3 is 0 Å². The van der Waals surface area contributed by atoms with Gasteiger partial charge in [0.1, 0.15) is 5.69 Å². The molecule has 0 radical (unpaired) electrons. The summed E-state index contributed by atoms with van der Waals surface area (Å²) in [6.45, 7) is 2.72. The van der Waals surface area contributed by atoms with Gasteiger partial charge in [-0.1, -0.05) is 41.0 Å². The molecule has 1 aliphatic rings. The molecular weight excluding hydrogens is 433 g/mol. The number of nitrogens with one attached hydrogen (secondary N) is 1. The smallest absolute Gasteiger partial charge is 0.187 e. The fourth-order valence-electron chi connectivity index (χ4n) is 2.27. The number of hydrogen-bond donors (Lipinski definition) is 1. The highest BCUT2D eigenvalue weighted by Crippen LogP contribution is 2.32. The number of aromatic nitrogens is 2. The molecule has 0 amide bonds. The third-order valence-corrected chi connectivity index (χ3v) is 5.26. The number of benzene rings is 1. The second kappa shape index (κ2) is 7.47. The van der Waals surface area contributed by atoms with E-state index in [0.717, 1.165) is 16.0 Å². The SMILES string of the molecule is CSc1ncc(Br)c(C2=NCC(C)N2Nc2c(Cl)cccc2Cl)n1. The van der Waals surface area contributed by atoms with Crippen LogP contribution in [0.2, 0.25) is 10.0 Å². The number of thioether (sulfide) groups is 1. The second-order valence-corrected chi connectivity index (χ2v) is 7.59. The fraction of sp³-hybridized carbons (Fsp3) is 0.267. The third-order valence-electron chi connectivity index (χ3n) is 3.49. The number of halogens is 3. The van der Waals surface area contributed by atoms with Gasteiger partial charge in [0.25, 0.3) is 0 Å². The van der Waals surface area contributed by atoms with Crippen molar-refractivity contribution < 1.29 is 0 Å². The normalized spacial score (nSPS) is 17.1. The van der Waals surface area contributed by atoms with Gasteiger partial charge in [0.15, 0.2) is 11.0 Å². The Hall–Kier alpha value is -1.02. The van der Waals surface area contributed by atoms with Crippen molar-refractivity contribution in [3.63, 3.8) is 0 Å². The summed E-state index contributed by atoms with van der Waals surface area (Å²) in [5.74, 6) is 0.725. The summed E-state index contributed by atoms with van der Waals surface area (Å²) >= 11 is 17.5. The molecule has 1 aliphatic heterocycles. The zero-order valence-electron chi connectivity index (χ0n) is 12.9. The van der Waals surface area contributed by atoms with E-state index in [2.05, 4.69) is 43.2 Å². The van der Waals surface area contributed by atoms with Gasteiger partial charge in [-0.2, -0.15) is 0 Å². The quantitative estimate of drug-likeness (QED) is 0.542. The minimum Gasteiger partial charge on any atom is -0.294 e. The molecule has 9 heteroatoms. The number of anilines is 1. The van der Waals surface area contributed by atoms with Crippen molar-refractivity contribution in [1.82, 2.24) is 15.0 Å². The average molecular weight is 447 g/mol. The first-order valence-corrected chi connectivity index (χ1v) is 9.90. The number of hydrazine groups is 1. The summed E-state index contributed by atoms with van der Waals surface area (Å²) in [6, 6.07) is 5.52. The van der Waals surface area contributed by atoms with Crippen LogP contribution in [-0.4, -0.2) is 39.7 Å². The van der Waals surface area contributed by atoms with Crippen LogP contribution in [0, 0.1) is 0 Å². The summed E-state index contributed by atoms with van der Waals surface area (Å²) in [5, 5.41) is 3.72. The van der Waals surface area contributed by atoms with Crippen molar-refractivity contribution in [2.45, 2.75) is 18.1 Å². The van der Waals surface area contributed by atoms with Crippen LogP contribution in [0.25, 0.3) is 0 Å². The van der Waals surface area contributed by atoms with Crippen LogP contribution in [0.3, 0.4) is 0 Å². The molecular formula is C15H14BrCl2N5S. The van der Waals surface area contributed by atoms with E-state index >= 15 is 0 Å².